The Morgan fingerprint density at radius 1 is 1.47 bits per heavy atom. The van der Waals surface area contributed by atoms with Gasteiger partial charge in [-0.25, -0.2) is 8.42 Å². The quantitative estimate of drug-likeness (QED) is 0.752. The van der Waals surface area contributed by atoms with E-state index in [1.54, 1.807) is 13.8 Å². The van der Waals surface area contributed by atoms with Gasteiger partial charge in [0.1, 0.15) is 0 Å². The van der Waals surface area contributed by atoms with Crippen molar-refractivity contribution in [1.29, 1.82) is 0 Å². The maximum absolute atomic E-state index is 11.6. The summed E-state index contributed by atoms with van der Waals surface area (Å²) in [6.07, 6.45) is 1.32. The zero-order valence-electron chi connectivity index (χ0n) is 10.1. The third-order valence-electron chi connectivity index (χ3n) is 3.23. The van der Waals surface area contributed by atoms with Crippen LogP contribution in [0.2, 0.25) is 0 Å². The molecular weight excluding hydrogens is 212 g/mol. The Kier molecular flexibility index (Phi) is 3.79. The molecule has 0 saturated carbocycles. The summed E-state index contributed by atoms with van der Waals surface area (Å²) >= 11 is 0. The molecule has 1 N–H and O–H groups in total. The molecule has 0 aromatic rings. The molecule has 0 spiro atoms. The van der Waals surface area contributed by atoms with Crippen LogP contribution in [0.4, 0.5) is 0 Å². The van der Waals surface area contributed by atoms with Gasteiger partial charge in [0.15, 0.2) is 9.84 Å². The number of rotatable bonds is 3. The summed E-state index contributed by atoms with van der Waals surface area (Å²) in [4.78, 5) is 2.25. The van der Waals surface area contributed by atoms with Crippen molar-refractivity contribution >= 4 is 9.84 Å². The Bertz CT molecular complexity index is 311. The van der Waals surface area contributed by atoms with E-state index in [0.717, 1.165) is 19.6 Å². The van der Waals surface area contributed by atoms with E-state index in [1.807, 2.05) is 0 Å². The lowest BCUT2D eigenvalue weighted by molar-refractivity contribution is 0.161. The fraction of sp³-hybridized carbons (Fsp3) is 1.00. The molecule has 1 unspecified atom stereocenters. The zero-order chi connectivity index (χ0) is 11.7. The van der Waals surface area contributed by atoms with E-state index < -0.39 is 14.6 Å². The molecule has 1 fully saturated rings. The molecule has 1 atom stereocenters. The Balaban J connectivity index is 2.68. The summed E-state index contributed by atoms with van der Waals surface area (Å²) in [7, 11) is -2.99. The van der Waals surface area contributed by atoms with E-state index in [1.165, 1.54) is 6.26 Å². The number of nitrogens with zero attached hydrogens (tertiary/aromatic N) is 1. The van der Waals surface area contributed by atoms with Gasteiger partial charge >= 0.3 is 0 Å². The van der Waals surface area contributed by atoms with Gasteiger partial charge in [-0.1, -0.05) is 0 Å². The number of hydrogen-bond donors (Lipinski definition) is 1. The van der Waals surface area contributed by atoms with E-state index >= 15 is 0 Å². The Labute approximate surface area is 93.0 Å². The molecule has 90 valence electrons. The van der Waals surface area contributed by atoms with E-state index in [2.05, 4.69) is 17.1 Å². The van der Waals surface area contributed by atoms with E-state index in [9.17, 15) is 8.42 Å². The maximum Gasteiger partial charge on any atom is 0.153 e. The molecule has 1 aliphatic rings. The fourth-order valence-electron chi connectivity index (χ4n) is 1.72. The zero-order valence-corrected chi connectivity index (χ0v) is 10.9. The maximum atomic E-state index is 11.6. The predicted octanol–water partition coefficient (Wildman–Crippen LogP) is 0.103. The molecule has 4 nitrogen and oxygen atoms in total. The van der Waals surface area contributed by atoms with Gasteiger partial charge in [-0.05, 0) is 20.8 Å². The predicted molar refractivity (Wildman–Crippen MR) is 62.8 cm³/mol. The minimum absolute atomic E-state index is 0.416. The first-order valence-electron chi connectivity index (χ1n) is 5.38. The Morgan fingerprint density at radius 2 is 2.07 bits per heavy atom. The van der Waals surface area contributed by atoms with Crippen molar-refractivity contribution in [3.05, 3.63) is 0 Å². The van der Waals surface area contributed by atoms with Crippen LogP contribution in [0.1, 0.15) is 20.8 Å². The van der Waals surface area contributed by atoms with Crippen LogP contribution in [0.15, 0.2) is 0 Å². The third-order valence-corrected chi connectivity index (χ3v) is 5.36. The molecular formula is C10H22N2O2S. The summed E-state index contributed by atoms with van der Waals surface area (Å²) in [5.41, 5.74) is 0. The highest BCUT2D eigenvalue weighted by molar-refractivity contribution is 7.92. The first-order valence-corrected chi connectivity index (χ1v) is 7.27. The van der Waals surface area contributed by atoms with Crippen LogP contribution in [0.25, 0.3) is 0 Å². The molecule has 1 aliphatic heterocycles. The van der Waals surface area contributed by atoms with Crippen LogP contribution in [0.5, 0.6) is 0 Å². The van der Waals surface area contributed by atoms with E-state index in [-0.39, 0.29) is 0 Å². The molecule has 0 amide bonds. The highest BCUT2D eigenvalue weighted by Gasteiger charge is 2.34. The van der Waals surface area contributed by atoms with Crippen molar-refractivity contribution < 1.29 is 8.42 Å². The topological polar surface area (TPSA) is 49.4 Å². The molecule has 0 aromatic heterocycles. The van der Waals surface area contributed by atoms with Gasteiger partial charge in [0.2, 0.25) is 0 Å². The second kappa shape index (κ2) is 4.39. The lowest BCUT2D eigenvalue weighted by Gasteiger charge is -2.38. The van der Waals surface area contributed by atoms with Crippen molar-refractivity contribution in [3.63, 3.8) is 0 Å². The standard InChI is InChI=1S/C10H22N2O2S/c1-9-7-11-5-6-12(9)8-10(2,3)15(4,13)14/h9,11H,5-8H2,1-4H3. The second-order valence-corrected chi connectivity index (χ2v) is 7.70. The highest BCUT2D eigenvalue weighted by atomic mass is 32.2. The van der Waals surface area contributed by atoms with Crippen LogP contribution in [-0.4, -0.2) is 56.5 Å². The molecule has 0 radical (unpaired) electrons. The van der Waals surface area contributed by atoms with Gasteiger partial charge in [-0.15, -0.1) is 0 Å². The minimum Gasteiger partial charge on any atom is -0.314 e. The van der Waals surface area contributed by atoms with Crippen molar-refractivity contribution in [2.45, 2.75) is 31.6 Å². The monoisotopic (exact) mass is 234 g/mol. The molecule has 1 heterocycles. The van der Waals surface area contributed by atoms with Crippen molar-refractivity contribution in [1.82, 2.24) is 10.2 Å². The van der Waals surface area contributed by atoms with Crippen LogP contribution in [-0.2, 0) is 9.84 Å². The first-order chi connectivity index (χ1) is 6.74. The molecule has 1 rings (SSSR count). The summed E-state index contributed by atoms with van der Waals surface area (Å²) in [6.45, 7) is 9.18. The molecule has 0 aromatic carbocycles. The first kappa shape index (κ1) is 12.9. The summed E-state index contributed by atoms with van der Waals surface area (Å²) < 4.78 is 22.5. The molecule has 15 heavy (non-hydrogen) atoms. The smallest absolute Gasteiger partial charge is 0.153 e. The average Bonchev–Trinajstić information content (AvgIpc) is 2.06. The number of sulfone groups is 1. The SMILES string of the molecule is CC1CNCCN1CC(C)(C)S(C)(=O)=O. The number of nitrogens with one attached hydrogen (secondary N) is 1. The molecule has 0 aliphatic carbocycles. The lowest BCUT2D eigenvalue weighted by atomic mass is 10.1. The van der Waals surface area contributed by atoms with Gasteiger partial charge in [0.25, 0.3) is 0 Å². The van der Waals surface area contributed by atoms with Crippen LogP contribution in [0, 0.1) is 0 Å². The number of hydrogen-bond acceptors (Lipinski definition) is 4. The lowest BCUT2D eigenvalue weighted by Crippen LogP contribution is -2.55. The van der Waals surface area contributed by atoms with Gasteiger partial charge in [-0.3, -0.25) is 4.90 Å². The Hall–Kier alpha value is -0.130. The van der Waals surface area contributed by atoms with Gasteiger partial charge in [0, 0.05) is 38.5 Å². The molecule has 1 saturated heterocycles. The Morgan fingerprint density at radius 3 is 2.53 bits per heavy atom. The van der Waals surface area contributed by atoms with E-state index in [0.29, 0.717) is 12.6 Å². The normalized spacial score (nSPS) is 25.5. The third kappa shape index (κ3) is 3.16. The summed E-state index contributed by atoms with van der Waals surface area (Å²) in [5.74, 6) is 0. The van der Waals surface area contributed by atoms with Gasteiger partial charge in [0.05, 0.1) is 4.75 Å². The van der Waals surface area contributed by atoms with Crippen molar-refractivity contribution in [2.24, 2.45) is 0 Å². The largest absolute Gasteiger partial charge is 0.314 e. The molecule has 0 bridgehead atoms. The van der Waals surface area contributed by atoms with Crippen LogP contribution < -0.4 is 5.32 Å². The van der Waals surface area contributed by atoms with Crippen molar-refractivity contribution in [2.75, 3.05) is 32.4 Å². The van der Waals surface area contributed by atoms with E-state index in [4.69, 9.17) is 0 Å². The number of piperazine rings is 1. The second-order valence-electron chi connectivity index (χ2n) is 5.06. The minimum atomic E-state index is -2.99. The van der Waals surface area contributed by atoms with Gasteiger partial charge < -0.3 is 5.32 Å². The fourth-order valence-corrected chi connectivity index (χ4v) is 2.12. The average molecular weight is 234 g/mol. The highest BCUT2D eigenvalue weighted by Crippen LogP contribution is 2.18. The van der Waals surface area contributed by atoms with Crippen LogP contribution >= 0.6 is 0 Å². The summed E-state index contributed by atoms with van der Waals surface area (Å²) in [5, 5.41) is 3.30. The summed E-state index contributed by atoms with van der Waals surface area (Å²) in [6, 6.07) is 0.416. The molecule has 5 heteroatoms. The van der Waals surface area contributed by atoms with Gasteiger partial charge in [-0.2, -0.15) is 0 Å². The van der Waals surface area contributed by atoms with Crippen LogP contribution in [0.3, 0.4) is 0 Å². The van der Waals surface area contributed by atoms with Crippen molar-refractivity contribution in [3.8, 4) is 0 Å².